The maximum absolute atomic E-state index is 13.9. The van der Waals surface area contributed by atoms with Crippen molar-refractivity contribution in [2.75, 3.05) is 11.5 Å². The fourth-order valence-electron chi connectivity index (χ4n) is 6.57. The Bertz CT molecular complexity index is 1550. The molecule has 198 valence electrons. The number of phenols is 1. The van der Waals surface area contributed by atoms with E-state index in [0.29, 0.717) is 41.0 Å². The summed E-state index contributed by atoms with van der Waals surface area (Å²) in [4.78, 5) is 55.5. The first kappa shape index (κ1) is 25.5. The van der Waals surface area contributed by atoms with E-state index in [-0.39, 0.29) is 41.3 Å². The molecule has 4 aliphatic rings. The van der Waals surface area contributed by atoms with Gasteiger partial charge in [-0.25, -0.2) is 0 Å². The molecular formula is C31H26BrNO6. The van der Waals surface area contributed by atoms with Gasteiger partial charge in [0, 0.05) is 27.1 Å². The number of hydrogen-bond acceptors (Lipinski definition) is 6. The van der Waals surface area contributed by atoms with Crippen LogP contribution < -0.4 is 9.64 Å². The number of carbonyl (C=O) groups excluding carboxylic acids is 4. The van der Waals surface area contributed by atoms with Crippen molar-refractivity contribution in [2.45, 2.75) is 32.6 Å². The van der Waals surface area contributed by atoms with Crippen LogP contribution in [0.5, 0.6) is 11.5 Å². The number of ketones is 2. The molecule has 2 aromatic carbocycles. The third-order valence-corrected chi connectivity index (χ3v) is 8.80. The summed E-state index contributed by atoms with van der Waals surface area (Å²) >= 11 is 3.40. The fraction of sp³-hybridized carbons (Fsp3) is 0.290. The van der Waals surface area contributed by atoms with E-state index in [0.717, 1.165) is 10.0 Å². The minimum Gasteiger partial charge on any atom is -0.504 e. The number of hydrogen-bond donors (Lipinski definition) is 1. The first-order chi connectivity index (χ1) is 18.7. The Morgan fingerprint density at radius 2 is 1.77 bits per heavy atom. The lowest BCUT2D eigenvalue weighted by atomic mass is 9.59. The minimum atomic E-state index is -0.643. The predicted octanol–water partition coefficient (Wildman–Crippen LogP) is 5.19. The Morgan fingerprint density at radius 1 is 1.03 bits per heavy atom. The van der Waals surface area contributed by atoms with E-state index in [2.05, 4.69) is 15.9 Å². The fourth-order valence-corrected chi connectivity index (χ4v) is 6.83. The number of Topliss-reactive ketones (excluding diaryl/α,β-unsaturated/α-hetero) is 1. The van der Waals surface area contributed by atoms with Crippen LogP contribution in [-0.2, 0) is 19.2 Å². The van der Waals surface area contributed by atoms with Gasteiger partial charge in [0.05, 0.1) is 24.1 Å². The van der Waals surface area contributed by atoms with Crippen LogP contribution in [-0.4, -0.2) is 35.1 Å². The quantitative estimate of drug-likeness (QED) is 0.300. The number of carbonyl (C=O) groups is 4. The molecule has 0 bridgehead atoms. The van der Waals surface area contributed by atoms with Crippen molar-refractivity contribution in [3.05, 3.63) is 86.9 Å². The second kappa shape index (κ2) is 9.45. The van der Waals surface area contributed by atoms with Gasteiger partial charge in [0.2, 0.25) is 11.8 Å². The highest BCUT2D eigenvalue weighted by Crippen LogP contribution is 2.55. The molecule has 4 atom stereocenters. The smallest absolute Gasteiger partial charge is 0.238 e. The van der Waals surface area contributed by atoms with Gasteiger partial charge in [-0.2, -0.15) is 0 Å². The lowest BCUT2D eigenvalue weighted by molar-refractivity contribution is -0.123. The molecule has 8 heteroatoms. The van der Waals surface area contributed by atoms with Crippen LogP contribution >= 0.6 is 15.9 Å². The first-order valence-corrected chi connectivity index (χ1v) is 13.8. The summed E-state index contributed by atoms with van der Waals surface area (Å²) < 4.78 is 6.46. The zero-order valence-electron chi connectivity index (χ0n) is 21.4. The van der Waals surface area contributed by atoms with E-state index < -0.39 is 23.7 Å². The molecule has 1 N–H and O–H groups in total. The number of aromatic hydroxyl groups is 1. The van der Waals surface area contributed by atoms with Gasteiger partial charge in [-0.3, -0.25) is 24.1 Å². The van der Waals surface area contributed by atoms with Gasteiger partial charge in [-0.1, -0.05) is 33.6 Å². The van der Waals surface area contributed by atoms with Gasteiger partial charge >= 0.3 is 0 Å². The molecule has 0 spiro atoms. The zero-order chi connectivity index (χ0) is 27.6. The number of anilines is 1. The molecule has 3 aliphatic carbocycles. The molecule has 0 radical (unpaired) electrons. The Labute approximate surface area is 234 Å². The van der Waals surface area contributed by atoms with Gasteiger partial charge < -0.3 is 9.84 Å². The third kappa shape index (κ3) is 3.92. The van der Waals surface area contributed by atoms with Crippen LogP contribution in [0.1, 0.15) is 38.2 Å². The topological polar surface area (TPSA) is 101 Å². The van der Waals surface area contributed by atoms with E-state index in [1.165, 1.54) is 17.0 Å². The molecule has 0 aromatic heterocycles. The van der Waals surface area contributed by atoms with Crippen molar-refractivity contribution in [3.8, 4) is 11.5 Å². The molecule has 6 rings (SSSR count). The molecule has 1 fully saturated rings. The van der Waals surface area contributed by atoms with E-state index in [1.54, 1.807) is 43.3 Å². The van der Waals surface area contributed by atoms with Gasteiger partial charge in [0.15, 0.2) is 23.1 Å². The van der Waals surface area contributed by atoms with Crippen molar-refractivity contribution in [1.29, 1.82) is 0 Å². The average molecular weight is 588 g/mol. The summed E-state index contributed by atoms with van der Waals surface area (Å²) in [6, 6.07) is 12.0. The standard InChI is InChI=1S/C31H26BrNO6/c1-3-39-25-13-16(4-11-23(25)34)26-19-9-10-20-27(21(19)14-22-24(35)12-15(2)29(36)28(22)26)31(38)33(30(20)37)18-7-5-17(32)6-8-18/h4-9,11-13,20-21,26-27,34H,3,10,14H2,1-2H3/t20-,21+,26-,27-/m0/s1. The Kier molecular flexibility index (Phi) is 6.18. The maximum Gasteiger partial charge on any atom is 0.238 e. The third-order valence-electron chi connectivity index (χ3n) is 8.27. The van der Waals surface area contributed by atoms with Crippen LogP contribution in [0, 0.1) is 17.8 Å². The predicted molar refractivity (Wildman–Crippen MR) is 147 cm³/mol. The second-order valence-corrected chi connectivity index (χ2v) is 11.3. The molecule has 0 saturated carbocycles. The number of phenolic OH excluding ortho intramolecular Hbond substituents is 1. The first-order valence-electron chi connectivity index (χ1n) is 13.0. The Morgan fingerprint density at radius 3 is 2.49 bits per heavy atom. The number of rotatable bonds is 4. The number of nitrogens with zero attached hydrogens (tertiary/aromatic N) is 1. The van der Waals surface area contributed by atoms with E-state index in [9.17, 15) is 24.3 Å². The summed E-state index contributed by atoms with van der Waals surface area (Å²) in [7, 11) is 0. The summed E-state index contributed by atoms with van der Waals surface area (Å²) in [6.45, 7) is 3.78. The molecule has 1 heterocycles. The van der Waals surface area contributed by atoms with Crippen LogP contribution in [0.4, 0.5) is 5.69 Å². The lowest BCUT2D eigenvalue weighted by Crippen LogP contribution is -2.39. The molecule has 2 aromatic rings. The van der Waals surface area contributed by atoms with E-state index in [1.807, 2.05) is 13.0 Å². The normalized spacial score (nSPS) is 26.2. The number of halogens is 1. The highest BCUT2D eigenvalue weighted by Gasteiger charge is 2.56. The number of imide groups is 1. The number of allylic oxidation sites excluding steroid dienone is 6. The Balaban J connectivity index is 1.48. The molecular weight excluding hydrogens is 562 g/mol. The van der Waals surface area contributed by atoms with Gasteiger partial charge in [0.1, 0.15) is 0 Å². The van der Waals surface area contributed by atoms with Gasteiger partial charge in [0.25, 0.3) is 0 Å². The number of benzene rings is 2. The summed E-state index contributed by atoms with van der Waals surface area (Å²) in [6.07, 6.45) is 3.93. The van der Waals surface area contributed by atoms with Crippen LogP contribution in [0.3, 0.4) is 0 Å². The molecule has 2 amide bonds. The average Bonchev–Trinajstić information content (AvgIpc) is 3.18. The summed E-state index contributed by atoms with van der Waals surface area (Å²) in [5.41, 5.74) is 3.24. The van der Waals surface area contributed by atoms with Gasteiger partial charge in [-0.05, 0) is 80.6 Å². The van der Waals surface area contributed by atoms with Crippen molar-refractivity contribution < 1.29 is 29.0 Å². The molecule has 7 nitrogen and oxygen atoms in total. The van der Waals surface area contributed by atoms with Crippen LogP contribution in [0.15, 0.2) is 81.4 Å². The monoisotopic (exact) mass is 587 g/mol. The highest BCUT2D eigenvalue weighted by atomic mass is 79.9. The highest BCUT2D eigenvalue weighted by molar-refractivity contribution is 9.10. The van der Waals surface area contributed by atoms with Crippen LogP contribution in [0.2, 0.25) is 0 Å². The SMILES string of the molecule is CCOc1cc([C@H]2C3=CC[C@@H]4C(=O)N(c5ccc(Br)cc5)C(=O)[C@@H]4[C@@H]3CC3=C2C(=O)C(C)=CC3=O)ccc1O. The van der Waals surface area contributed by atoms with Crippen LogP contribution in [0.25, 0.3) is 0 Å². The lowest BCUT2D eigenvalue weighted by Gasteiger charge is -2.42. The minimum absolute atomic E-state index is 0.0244. The largest absolute Gasteiger partial charge is 0.504 e. The summed E-state index contributed by atoms with van der Waals surface area (Å²) in [5, 5.41) is 10.3. The van der Waals surface area contributed by atoms with Gasteiger partial charge in [-0.15, -0.1) is 0 Å². The second-order valence-electron chi connectivity index (χ2n) is 10.4. The molecule has 39 heavy (non-hydrogen) atoms. The van der Waals surface area contributed by atoms with Crippen molar-refractivity contribution in [1.82, 2.24) is 0 Å². The molecule has 1 aliphatic heterocycles. The number of amides is 2. The zero-order valence-corrected chi connectivity index (χ0v) is 23.0. The van der Waals surface area contributed by atoms with Crippen molar-refractivity contribution >= 4 is 45.0 Å². The molecule has 1 saturated heterocycles. The molecule has 0 unspecified atom stereocenters. The van der Waals surface area contributed by atoms with Crippen molar-refractivity contribution in [2.24, 2.45) is 17.8 Å². The number of ether oxygens (including phenoxy) is 1. The summed E-state index contributed by atoms with van der Waals surface area (Å²) in [5.74, 6) is -2.91. The van der Waals surface area contributed by atoms with Crippen molar-refractivity contribution in [3.63, 3.8) is 0 Å². The van der Waals surface area contributed by atoms with E-state index in [4.69, 9.17) is 4.74 Å². The van der Waals surface area contributed by atoms with E-state index >= 15 is 0 Å². The number of fused-ring (bicyclic) bond motifs is 3. The Hall–Kier alpha value is -3.78. The maximum atomic E-state index is 13.9.